The third-order valence-corrected chi connectivity index (χ3v) is 6.97. The van der Waals surface area contributed by atoms with Crippen LogP contribution in [0.25, 0.3) is 0 Å². The second kappa shape index (κ2) is 10.00. The summed E-state index contributed by atoms with van der Waals surface area (Å²) in [6, 6.07) is 12.4. The number of hydrogen-bond acceptors (Lipinski definition) is 3. The van der Waals surface area contributed by atoms with Crippen LogP contribution < -0.4 is 5.73 Å². The molecule has 1 saturated heterocycles. The van der Waals surface area contributed by atoms with E-state index in [1.54, 1.807) is 4.90 Å². The summed E-state index contributed by atoms with van der Waals surface area (Å²) in [7, 11) is 0. The van der Waals surface area contributed by atoms with Crippen LogP contribution in [0.15, 0.2) is 53.5 Å². The third-order valence-electron chi connectivity index (χ3n) is 6.97. The number of likely N-dealkylation sites (tertiary alicyclic amines) is 1. The molecule has 1 atom stereocenters. The Bertz CT molecular complexity index is 1000. The quantitative estimate of drug-likeness (QED) is 0.512. The van der Waals surface area contributed by atoms with Crippen molar-refractivity contribution < 1.29 is 18.7 Å². The Kier molecular flexibility index (Phi) is 7.08. The fourth-order valence-electron chi connectivity index (χ4n) is 5.16. The summed E-state index contributed by atoms with van der Waals surface area (Å²) in [6.45, 7) is 0.937. The Labute approximate surface area is 193 Å². The van der Waals surface area contributed by atoms with Gasteiger partial charge in [-0.05, 0) is 55.0 Å². The minimum absolute atomic E-state index is 0.0399. The lowest BCUT2D eigenvalue weighted by Gasteiger charge is -2.40. The maximum Gasteiger partial charge on any atom is 0.259 e. The highest BCUT2D eigenvalue weighted by Gasteiger charge is 2.48. The molecule has 2 fully saturated rings. The van der Waals surface area contributed by atoms with Gasteiger partial charge in [-0.2, -0.15) is 0 Å². The molecule has 33 heavy (non-hydrogen) atoms. The molecule has 0 unspecified atom stereocenters. The summed E-state index contributed by atoms with van der Waals surface area (Å²) >= 11 is 0. The van der Waals surface area contributed by atoms with E-state index >= 15 is 0 Å². The lowest BCUT2D eigenvalue weighted by atomic mass is 9.78. The fourth-order valence-corrected chi connectivity index (χ4v) is 5.16. The molecule has 1 saturated carbocycles. The van der Waals surface area contributed by atoms with Gasteiger partial charge in [0.15, 0.2) is 5.60 Å². The van der Waals surface area contributed by atoms with Crippen molar-refractivity contribution in [3.63, 3.8) is 0 Å². The number of carbonyl (C=O) groups excluding carboxylic acids is 1. The van der Waals surface area contributed by atoms with E-state index in [9.17, 15) is 18.7 Å². The number of nitrogens with zero attached hydrogens (tertiary/aromatic N) is 2. The second-order valence-electron chi connectivity index (χ2n) is 9.17. The van der Waals surface area contributed by atoms with Gasteiger partial charge in [-0.1, -0.05) is 43.2 Å². The lowest BCUT2D eigenvalue weighted by Crippen LogP contribution is -2.53. The topological polar surface area (TPSA) is 78.9 Å². The lowest BCUT2D eigenvalue weighted by molar-refractivity contribution is -0.160. The van der Waals surface area contributed by atoms with Gasteiger partial charge in [0.2, 0.25) is 0 Å². The van der Waals surface area contributed by atoms with Gasteiger partial charge in [-0.25, -0.2) is 8.78 Å². The first-order valence-electron chi connectivity index (χ1n) is 11.7. The van der Waals surface area contributed by atoms with Gasteiger partial charge >= 0.3 is 0 Å². The zero-order valence-corrected chi connectivity index (χ0v) is 18.7. The molecule has 0 spiro atoms. The Hall–Kier alpha value is -2.80. The highest BCUT2D eigenvalue weighted by Crippen LogP contribution is 2.42. The van der Waals surface area contributed by atoms with E-state index in [4.69, 9.17) is 5.73 Å². The molecule has 1 aliphatic carbocycles. The highest BCUT2D eigenvalue weighted by atomic mass is 19.1. The zero-order chi connectivity index (χ0) is 23.4. The average Bonchev–Trinajstić information content (AvgIpc) is 3.37. The highest BCUT2D eigenvalue weighted by molar-refractivity contribution is 5.87. The first kappa shape index (κ1) is 23.4. The smallest absolute Gasteiger partial charge is 0.259 e. The van der Waals surface area contributed by atoms with Crippen molar-refractivity contribution in [3.8, 4) is 0 Å². The van der Waals surface area contributed by atoms with Gasteiger partial charge in [0.05, 0.1) is 11.9 Å². The number of aliphatic hydroxyl groups is 1. The van der Waals surface area contributed by atoms with Gasteiger partial charge in [0.1, 0.15) is 11.6 Å². The summed E-state index contributed by atoms with van der Waals surface area (Å²) < 4.78 is 27.3. The van der Waals surface area contributed by atoms with E-state index in [-0.39, 0.29) is 35.7 Å². The van der Waals surface area contributed by atoms with Gasteiger partial charge < -0.3 is 15.7 Å². The van der Waals surface area contributed by atoms with Crippen molar-refractivity contribution in [3.05, 3.63) is 71.3 Å². The molecule has 1 aliphatic heterocycles. The van der Waals surface area contributed by atoms with E-state index in [2.05, 4.69) is 4.99 Å². The maximum atomic E-state index is 13.9. The normalized spacial score (nSPS) is 20.1. The molecule has 0 radical (unpaired) electrons. The average molecular weight is 456 g/mol. The molecule has 2 aromatic rings. The number of carbonyl (C=O) groups is 1. The van der Waals surface area contributed by atoms with Crippen LogP contribution >= 0.6 is 0 Å². The minimum Gasteiger partial charge on any atom is -0.387 e. The molecule has 1 heterocycles. The molecule has 4 rings (SSSR count). The number of aliphatic imine (C=N–C) groups is 1. The number of hydrogen-bond donors (Lipinski definition) is 2. The number of piperidine rings is 1. The Morgan fingerprint density at radius 2 is 1.73 bits per heavy atom. The largest absolute Gasteiger partial charge is 0.387 e. The molecule has 1 amide bonds. The molecular weight excluding hydrogens is 424 g/mol. The number of halogens is 2. The second-order valence-corrected chi connectivity index (χ2v) is 9.17. The van der Waals surface area contributed by atoms with E-state index in [1.807, 2.05) is 30.3 Å². The summed E-state index contributed by atoms with van der Waals surface area (Å²) in [5.74, 6) is -1.10. The number of rotatable bonds is 6. The van der Waals surface area contributed by atoms with Crippen molar-refractivity contribution >= 4 is 11.7 Å². The van der Waals surface area contributed by atoms with E-state index in [0.29, 0.717) is 31.5 Å². The maximum absolute atomic E-state index is 13.9. The fraction of sp³-hybridized carbons (Fsp3) is 0.462. The van der Waals surface area contributed by atoms with Gasteiger partial charge in [0, 0.05) is 25.4 Å². The predicted octanol–water partition coefficient (Wildman–Crippen LogP) is 3.93. The number of benzene rings is 2. The third kappa shape index (κ3) is 5.08. The first-order chi connectivity index (χ1) is 15.9. The predicted molar refractivity (Wildman–Crippen MR) is 124 cm³/mol. The summed E-state index contributed by atoms with van der Waals surface area (Å²) in [5, 5.41) is 11.7. The Balaban J connectivity index is 1.42. The van der Waals surface area contributed by atoms with Crippen LogP contribution in [-0.4, -0.2) is 40.9 Å². The molecule has 7 heteroatoms. The van der Waals surface area contributed by atoms with Crippen LogP contribution in [0.5, 0.6) is 0 Å². The minimum atomic E-state index is -1.51. The molecule has 0 aromatic heterocycles. The Morgan fingerprint density at radius 1 is 1.06 bits per heavy atom. The monoisotopic (exact) mass is 455 g/mol. The van der Waals surface area contributed by atoms with Crippen LogP contribution in [0.2, 0.25) is 0 Å². The molecule has 176 valence electrons. The van der Waals surface area contributed by atoms with Crippen LogP contribution in [0, 0.1) is 17.6 Å². The van der Waals surface area contributed by atoms with Crippen molar-refractivity contribution in [1.82, 2.24) is 4.90 Å². The summed E-state index contributed by atoms with van der Waals surface area (Å²) in [6.07, 6.45) is 4.97. The molecule has 2 aliphatic rings. The van der Waals surface area contributed by atoms with Crippen molar-refractivity contribution in [1.29, 1.82) is 0 Å². The molecular formula is C26H31F2N3O2. The van der Waals surface area contributed by atoms with Crippen LogP contribution in [0.1, 0.15) is 49.7 Å². The van der Waals surface area contributed by atoms with Crippen molar-refractivity contribution in [2.45, 2.75) is 56.6 Å². The SMILES string of the molecule is NC(Cc1cc(F)ccc1F)=NC1CCN(C(=O)[C@](O)(c2ccccc2)C2CCCC2)CC1. The van der Waals surface area contributed by atoms with E-state index < -0.39 is 17.2 Å². The Morgan fingerprint density at radius 3 is 2.39 bits per heavy atom. The zero-order valence-electron chi connectivity index (χ0n) is 18.7. The van der Waals surface area contributed by atoms with Gasteiger partial charge in [-0.3, -0.25) is 9.79 Å². The molecule has 3 N–H and O–H groups in total. The summed E-state index contributed by atoms with van der Waals surface area (Å²) in [5.41, 5.74) is 5.34. The molecule has 0 bridgehead atoms. The van der Waals surface area contributed by atoms with Gasteiger partial charge in [0.25, 0.3) is 5.91 Å². The first-order valence-corrected chi connectivity index (χ1v) is 11.7. The van der Waals surface area contributed by atoms with Crippen LogP contribution in [0.4, 0.5) is 8.78 Å². The van der Waals surface area contributed by atoms with E-state index in [0.717, 1.165) is 43.9 Å². The molecule has 2 aromatic carbocycles. The van der Waals surface area contributed by atoms with Crippen molar-refractivity contribution in [2.75, 3.05) is 13.1 Å². The molecule has 5 nitrogen and oxygen atoms in total. The van der Waals surface area contributed by atoms with Crippen LogP contribution in [0.3, 0.4) is 0 Å². The number of amides is 1. The number of amidine groups is 1. The van der Waals surface area contributed by atoms with Crippen LogP contribution in [-0.2, 0) is 16.8 Å². The number of nitrogens with two attached hydrogens (primary N) is 1. The van der Waals surface area contributed by atoms with Crippen molar-refractivity contribution in [2.24, 2.45) is 16.6 Å². The summed E-state index contributed by atoms with van der Waals surface area (Å²) in [4.78, 5) is 19.8. The van der Waals surface area contributed by atoms with E-state index in [1.165, 1.54) is 0 Å². The standard InChI is InChI=1S/C26H31F2N3O2/c27-21-10-11-23(28)18(16-21)17-24(29)30-22-12-14-31(15-13-22)25(32)26(33,20-8-4-5-9-20)19-6-2-1-3-7-19/h1-3,6-7,10-11,16,20,22,33H,4-5,8-9,12-15,17H2,(H2,29,30)/t26-/m0/s1. The van der Waals surface area contributed by atoms with Gasteiger partial charge in [-0.15, -0.1) is 0 Å².